The number of hydrogen-bond donors (Lipinski definition) is 0. The van der Waals surface area contributed by atoms with Crippen molar-refractivity contribution >= 4 is 57.0 Å². The van der Waals surface area contributed by atoms with E-state index in [2.05, 4.69) is 288 Å². The van der Waals surface area contributed by atoms with E-state index in [0.717, 1.165) is 73.7 Å². The van der Waals surface area contributed by atoms with E-state index in [4.69, 9.17) is 4.98 Å². The molecule has 71 heavy (non-hydrogen) atoms. The molecule has 0 unspecified atom stereocenters. The number of fused-ring (bicyclic) bond motifs is 6. The van der Waals surface area contributed by atoms with E-state index in [9.17, 15) is 0 Å². The molecule has 0 saturated heterocycles. The van der Waals surface area contributed by atoms with E-state index < -0.39 is 0 Å². The predicted molar refractivity (Wildman–Crippen MR) is 293 cm³/mol. The number of pyridine rings is 1. The van der Waals surface area contributed by atoms with Gasteiger partial charge >= 0.3 is 0 Å². The molecule has 0 aliphatic carbocycles. The molecule has 356 valence electrons. The predicted octanol–water partition coefficient (Wildman–Crippen LogP) is 17.6. The third-order valence-corrected chi connectivity index (χ3v) is 14.1. The van der Waals surface area contributed by atoms with E-state index in [1.807, 2.05) is 6.20 Å². The summed E-state index contributed by atoms with van der Waals surface area (Å²) in [6.45, 7) is 20.5. The average molecular weight is 1100 g/mol. The molecule has 5 nitrogen and oxygen atoms in total. The van der Waals surface area contributed by atoms with Gasteiger partial charge in [-0.1, -0.05) is 193 Å². The molecule has 9 aromatic rings. The van der Waals surface area contributed by atoms with Crippen molar-refractivity contribution < 1.29 is 21.1 Å². The van der Waals surface area contributed by atoms with Crippen LogP contribution in [0.1, 0.15) is 77.6 Å². The molecule has 0 bridgehead atoms. The molecule has 6 heteroatoms. The first-order valence-electron chi connectivity index (χ1n) is 24.4. The van der Waals surface area contributed by atoms with Gasteiger partial charge in [0.1, 0.15) is 5.82 Å². The maximum Gasteiger partial charge on any atom is 0.135 e. The van der Waals surface area contributed by atoms with Gasteiger partial charge in [-0.25, -0.2) is 4.98 Å². The minimum atomic E-state index is -0.280. The average Bonchev–Trinajstić information content (AvgIpc) is 3.71. The number of hydrogen-bond acceptors (Lipinski definition) is 5. The van der Waals surface area contributed by atoms with E-state index in [0.29, 0.717) is 0 Å². The molecule has 0 N–H and O–H groups in total. The summed E-state index contributed by atoms with van der Waals surface area (Å²) in [7, 11) is 0. The van der Waals surface area contributed by atoms with Crippen molar-refractivity contribution in [1.82, 2.24) is 4.98 Å². The Morgan fingerprint density at radius 1 is 0.451 bits per heavy atom. The minimum Gasteiger partial charge on any atom is -0.493 e. The van der Waals surface area contributed by atoms with Crippen molar-refractivity contribution in [2.45, 2.75) is 71.6 Å². The zero-order valence-electron chi connectivity index (χ0n) is 41.7. The Morgan fingerprint density at radius 2 is 1.04 bits per heavy atom. The van der Waals surface area contributed by atoms with Gasteiger partial charge in [-0.05, 0) is 87.7 Å². The second-order valence-corrected chi connectivity index (χ2v) is 21.1. The first-order valence-corrected chi connectivity index (χ1v) is 24.4. The van der Waals surface area contributed by atoms with Crippen molar-refractivity contribution in [3.8, 4) is 22.3 Å². The summed E-state index contributed by atoms with van der Waals surface area (Å²) in [4.78, 5) is 14.4. The summed E-state index contributed by atoms with van der Waals surface area (Å²) in [6, 6.07) is 78.0. The number of aromatic nitrogens is 1. The van der Waals surface area contributed by atoms with Crippen LogP contribution in [-0.2, 0) is 37.3 Å². The van der Waals surface area contributed by atoms with Gasteiger partial charge in [-0.15, -0.1) is 53.8 Å². The van der Waals surface area contributed by atoms with E-state index in [1.54, 1.807) is 0 Å². The van der Waals surface area contributed by atoms with E-state index in [-0.39, 0.29) is 37.3 Å². The Hall–Kier alpha value is -7.20. The van der Waals surface area contributed by atoms with Gasteiger partial charge in [0.2, 0.25) is 0 Å². The number of benzene rings is 8. The van der Waals surface area contributed by atoms with Crippen LogP contribution in [0.2, 0.25) is 0 Å². The molecule has 8 aromatic carbocycles. The van der Waals surface area contributed by atoms with E-state index in [1.165, 1.54) is 27.8 Å². The Labute approximate surface area is 435 Å². The Morgan fingerprint density at radius 3 is 1.73 bits per heavy atom. The van der Waals surface area contributed by atoms with Crippen molar-refractivity contribution in [3.05, 3.63) is 241 Å². The van der Waals surface area contributed by atoms with Gasteiger partial charge in [0.15, 0.2) is 0 Å². The maximum absolute atomic E-state index is 5.19. The molecular formula is C65H58N5Pt-3. The Balaban J connectivity index is 0.00000582. The molecule has 0 saturated carbocycles. The summed E-state index contributed by atoms with van der Waals surface area (Å²) < 4.78 is 0. The van der Waals surface area contributed by atoms with Gasteiger partial charge in [0.25, 0.3) is 0 Å². The third kappa shape index (κ3) is 8.76. The molecule has 0 amide bonds. The second-order valence-electron chi connectivity index (χ2n) is 21.1. The molecular weight excluding hydrogens is 1050 g/mol. The van der Waals surface area contributed by atoms with Crippen LogP contribution >= 0.6 is 0 Å². The monoisotopic (exact) mass is 1100 g/mol. The van der Waals surface area contributed by atoms with Gasteiger partial charge in [-0.3, -0.25) is 0 Å². The molecule has 11 rings (SSSR count). The standard InChI is InChI=1S/C65H58N5.Pt/c1-63(2,3)46-24-21-27-50(38-46)67-44-68(60-33-20-19-32-59(60)67)52-39-48(64(4,5)6)40-53(42-52)69(49-25-13-10-14-26-49)51-34-35-57-55-29-16-15-28-54(55)56-30-17-18-31-58(56)70(61(57)43-51)62-41-47(36-37-66-62)65(7,8)45-22-11-9-12-23-45;/h9-41,44H,1-8H3;/q-3;. The van der Waals surface area contributed by atoms with Gasteiger partial charge in [-0.2, -0.15) is 6.07 Å². The van der Waals surface area contributed by atoms with Gasteiger partial charge in [0.05, 0.1) is 5.69 Å². The second kappa shape index (κ2) is 18.5. The molecule has 1 aromatic heterocycles. The summed E-state index contributed by atoms with van der Waals surface area (Å²) in [5.74, 6) is 0.826. The van der Waals surface area contributed by atoms with Crippen LogP contribution in [0.3, 0.4) is 0 Å². The Bertz CT molecular complexity index is 3390. The fraction of sp³-hybridized carbons (Fsp3) is 0.169. The first kappa shape index (κ1) is 47.5. The molecule has 2 aliphatic heterocycles. The van der Waals surface area contributed by atoms with E-state index >= 15 is 0 Å². The van der Waals surface area contributed by atoms with Crippen LogP contribution in [0.25, 0.3) is 22.3 Å². The van der Waals surface area contributed by atoms with Gasteiger partial charge < -0.3 is 19.6 Å². The number of para-hydroxylation sites is 4. The SMILES string of the molecule is CC(C)(C)c1cc(N2[CH-]N(c3cccc(C(C)(C)C)c3)c3ccccc32)[c-]c(N(c2[c-]c3c(cc2)-c2ccccc2-c2ccccc2N3c2cc(C(C)(C)c3ccccc3)ccn2)c2ccccc2)c1.[Pt]. The van der Waals surface area contributed by atoms with Crippen molar-refractivity contribution in [2.24, 2.45) is 0 Å². The molecule has 0 spiro atoms. The van der Waals surface area contributed by atoms with Crippen LogP contribution in [0.15, 0.2) is 200 Å². The summed E-state index contributed by atoms with van der Waals surface area (Å²) >= 11 is 0. The fourth-order valence-corrected chi connectivity index (χ4v) is 9.99. The van der Waals surface area contributed by atoms with Crippen LogP contribution in [-0.4, -0.2) is 4.98 Å². The number of nitrogens with zero attached hydrogens (tertiary/aromatic N) is 5. The molecule has 0 fully saturated rings. The molecule has 3 heterocycles. The number of anilines is 10. The zero-order valence-corrected chi connectivity index (χ0v) is 44.0. The summed E-state index contributed by atoms with van der Waals surface area (Å²) in [5.41, 5.74) is 18.0. The minimum absolute atomic E-state index is 0. The Kier molecular flexibility index (Phi) is 12.4. The summed E-state index contributed by atoms with van der Waals surface area (Å²) in [6.07, 6.45) is 1.96. The third-order valence-electron chi connectivity index (χ3n) is 14.1. The molecule has 0 radical (unpaired) electrons. The summed E-state index contributed by atoms with van der Waals surface area (Å²) in [5, 5.41) is 0. The molecule has 2 aliphatic rings. The quantitative estimate of drug-likeness (QED) is 0.141. The van der Waals surface area contributed by atoms with Crippen molar-refractivity contribution in [3.63, 3.8) is 0 Å². The van der Waals surface area contributed by atoms with Crippen LogP contribution in [0.4, 0.5) is 57.0 Å². The smallest absolute Gasteiger partial charge is 0.135 e. The van der Waals surface area contributed by atoms with Crippen LogP contribution in [0, 0.1) is 18.8 Å². The first-order chi connectivity index (χ1) is 33.7. The number of rotatable bonds is 8. The van der Waals surface area contributed by atoms with Crippen molar-refractivity contribution in [1.29, 1.82) is 0 Å². The van der Waals surface area contributed by atoms with Crippen LogP contribution in [0.5, 0.6) is 0 Å². The zero-order chi connectivity index (χ0) is 48.4. The maximum atomic E-state index is 5.19. The fourth-order valence-electron chi connectivity index (χ4n) is 9.99. The van der Waals surface area contributed by atoms with Crippen molar-refractivity contribution in [2.75, 3.05) is 19.6 Å². The largest absolute Gasteiger partial charge is 0.493 e. The van der Waals surface area contributed by atoms with Crippen LogP contribution < -0.4 is 19.6 Å². The molecule has 0 atom stereocenters. The van der Waals surface area contributed by atoms with Gasteiger partial charge in [0, 0.05) is 61.0 Å². The topological polar surface area (TPSA) is 25.9 Å². The normalized spacial score (nSPS) is 13.1.